The number of hydrogen-bond donors (Lipinski definition) is 0. The molecule has 1 unspecified atom stereocenters. The highest BCUT2D eigenvalue weighted by molar-refractivity contribution is 14.1. The molecule has 1 aliphatic rings. The molecular formula is C16H22INO2S. The normalized spacial score (nSPS) is 18.0. The second-order valence-corrected chi connectivity index (χ2v) is 7.56. The Bertz CT molecular complexity index is 469. The summed E-state index contributed by atoms with van der Waals surface area (Å²) in [7, 11) is 0. The number of amides is 1. The molecule has 0 bridgehead atoms. The lowest BCUT2D eigenvalue weighted by molar-refractivity contribution is 0.0998. The minimum absolute atomic E-state index is 0.130. The third-order valence-electron chi connectivity index (χ3n) is 3.57. The second kappa shape index (κ2) is 8.88. The van der Waals surface area contributed by atoms with E-state index in [0.717, 1.165) is 38.0 Å². The molecule has 0 saturated carbocycles. The Morgan fingerprint density at radius 1 is 1.52 bits per heavy atom. The number of benzene rings is 1. The van der Waals surface area contributed by atoms with E-state index in [1.54, 1.807) is 0 Å². The maximum Gasteiger partial charge on any atom is 0.410 e. The summed E-state index contributed by atoms with van der Waals surface area (Å²) in [5.74, 6) is 0.947. The van der Waals surface area contributed by atoms with Gasteiger partial charge < -0.3 is 9.64 Å². The predicted molar refractivity (Wildman–Crippen MR) is 95.9 cm³/mol. The fourth-order valence-electron chi connectivity index (χ4n) is 2.39. The van der Waals surface area contributed by atoms with Crippen molar-refractivity contribution in [1.82, 2.24) is 4.90 Å². The number of halogens is 1. The molecule has 1 aromatic carbocycles. The number of unbranched alkanes of at least 4 members (excludes halogenated alkanes) is 1. The molecule has 0 aromatic heterocycles. The van der Waals surface area contributed by atoms with Crippen LogP contribution in [0.1, 0.15) is 32.6 Å². The van der Waals surface area contributed by atoms with E-state index in [1.165, 1.54) is 8.47 Å². The first-order valence-corrected chi connectivity index (χ1v) is 9.59. The fraction of sp³-hybridized carbons (Fsp3) is 0.562. The maximum absolute atomic E-state index is 12.1. The summed E-state index contributed by atoms with van der Waals surface area (Å²) in [6, 6.07) is 8.80. The highest BCUT2D eigenvalue weighted by atomic mass is 127. The van der Waals surface area contributed by atoms with Gasteiger partial charge in [0.05, 0.1) is 6.61 Å². The Kier molecular flexibility index (Phi) is 7.16. The zero-order chi connectivity index (χ0) is 15.1. The van der Waals surface area contributed by atoms with Gasteiger partial charge in [-0.25, -0.2) is 4.79 Å². The van der Waals surface area contributed by atoms with Crippen LogP contribution >= 0.6 is 34.4 Å². The van der Waals surface area contributed by atoms with Gasteiger partial charge in [-0.3, -0.25) is 0 Å². The molecule has 5 heteroatoms. The minimum atomic E-state index is -0.130. The van der Waals surface area contributed by atoms with Gasteiger partial charge in [0, 0.05) is 26.8 Å². The minimum Gasteiger partial charge on any atom is -0.449 e. The van der Waals surface area contributed by atoms with Crippen molar-refractivity contribution in [3.63, 3.8) is 0 Å². The maximum atomic E-state index is 12.1. The van der Waals surface area contributed by atoms with Crippen LogP contribution in [-0.2, 0) is 4.74 Å². The van der Waals surface area contributed by atoms with Crippen molar-refractivity contribution < 1.29 is 9.53 Å². The van der Waals surface area contributed by atoms with E-state index in [0.29, 0.717) is 12.6 Å². The molecule has 116 valence electrons. The van der Waals surface area contributed by atoms with Crippen LogP contribution in [0.5, 0.6) is 0 Å². The Morgan fingerprint density at radius 3 is 3.14 bits per heavy atom. The van der Waals surface area contributed by atoms with Gasteiger partial charge in [-0.15, -0.1) is 11.8 Å². The van der Waals surface area contributed by atoms with Crippen LogP contribution in [-0.4, -0.2) is 35.9 Å². The van der Waals surface area contributed by atoms with Crippen molar-refractivity contribution in [3.8, 4) is 0 Å². The lowest BCUT2D eigenvalue weighted by atomic mass is 10.2. The van der Waals surface area contributed by atoms with Crippen LogP contribution in [0.2, 0.25) is 0 Å². The van der Waals surface area contributed by atoms with Crippen LogP contribution in [0.4, 0.5) is 4.79 Å². The molecule has 21 heavy (non-hydrogen) atoms. The van der Waals surface area contributed by atoms with Crippen LogP contribution in [0.3, 0.4) is 0 Å². The Morgan fingerprint density at radius 2 is 2.38 bits per heavy atom. The average molecular weight is 419 g/mol. The third kappa shape index (κ3) is 5.36. The average Bonchev–Trinajstić information content (AvgIpc) is 2.94. The summed E-state index contributed by atoms with van der Waals surface area (Å²) in [5, 5.41) is 0. The van der Waals surface area contributed by atoms with Crippen molar-refractivity contribution in [1.29, 1.82) is 0 Å². The summed E-state index contributed by atoms with van der Waals surface area (Å²) in [5.41, 5.74) is 0. The summed E-state index contributed by atoms with van der Waals surface area (Å²) < 4.78 is 6.59. The number of ether oxygens (including phenoxy) is 1. The first-order valence-electron chi connectivity index (χ1n) is 7.52. The van der Waals surface area contributed by atoms with Gasteiger partial charge in [0.15, 0.2) is 0 Å². The first-order chi connectivity index (χ1) is 10.2. The quantitative estimate of drug-likeness (QED) is 0.378. The largest absolute Gasteiger partial charge is 0.449 e. The lowest BCUT2D eigenvalue weighted by Crippen LogP contribution is -2.37. The van der Waals surface area contributed by atoms with Crippen molar-refractivity contribution in [3.05, 3.63) is 27.8 Å². The molecule has 1 aromatic rings. The summed E-state index contributed by atoms with van der Waals surface area (Å²) in [4.78, 5) is 15.3. The molecule has 0 radical (unpaired) electrons. The molecule has 1 amide bonds. The molecular weight excluding hydrogens is 397 g/mol. The van der Waals surface area contributed by atoms with E-state index >= 15 is 0 Å². The molecule has 0 N–H and O–H groups in total. The molecule has 3 nitrogen and oxygen atoms in total. The summed E-state index contributed by atoms with van der Waals surface area (Å²) >= 11 is 4.16. The fourth-order valence-corrected chi connectivity index (χ4v) is 4.26. The second-order valence-electron chi connectivity index (χ2n) is 5.23. The first kappa shape index (κ1) is 16.9. The van der Waals surface area contributed by atoms with Crippen molar-refractivity contribution >= 4 is 40.4 Å². The van der Waals surface area contributed by atoms with E-state index in [-0.39, 0.29) is 6.09 Å². The monoisotopic (exact) mass is 419 g/mol. The molecule has 1 aliphatic heterocycles. The van der Waals surface area contributed by atoms with Gasteiger partial charge >= 0.3 is 6.09 Å². The van der Waals surface area contributed by atoms with Gasteiger partial charge in [0.25, 0.3) is 0 Å². The molecule has 1 saturated heterocycles. The van der Waals surface area contributed by atoms with Crippen LogP contribution < -0.4 is 0 Å². The van der Waals surface area contributed by atoms with Crippen LogP contribution in [0.25, 0.3) is 0 Å². The number of nitrogens with zero attached hydrogens (tertiary/aromatic N) is 1. The topological polar surface area (TPSA) is 29.5 Å². The van der Waals surface area contributed by atoms with Gasteiger partial charge in [0.1, 0.15) is 0 Å². The third-order valence-corrected chi connectivity index (χ3v) is 5.38. The molecule has 1 fully saturated rings. The number of carbonyl (C=O) groups is 1. The van der Waals surface area contributed by atoms with E-state index in [4.69, 9.17) is 4.74 Å². The Hall–Kier alpha value is -0.430. The molecule has 2 rings (SSSR count). The number of likely N-dealkylation sites (tertiary alicyclic amines) is 1. The molecule has 0 spiro atoms. The number of rotatable bonds is 6. The Labute approximate surface area is 144 Å². The van der Waals surface area contributed by atoms with Crippen molar-refractivity contribution in [2.45, 2.75) is 43.5 Å². The summed E-state index contributed by atoms with van der Waals surface area (Å²) in [6.45, 7) is 3.48. The molecule has 1 heterocycles. The number of carbonyl (C=O) groups excluding carboxylic acids is 1. The van der Waals surface area contributed by atoms with E-state index < -0.39 is 0 Å². The number of thioether (sulfide) groups is 1. The summed E-state index contributed by atoms with van der Waals surface area (Å²) in [6.07, 6.45) is 4.04. The van der Waals surface area contributed by atoms with E-state index in [1.807, 2.05) is 16.7 Å². The molecule has 0 aliphatic carbocycles. The van der Waals surface area contributed by atoms with Gasteiger partial charge in [-0.2, -0.15) is 0 Å². The lowest BCUT2D eigenvalue weighted by Gasteiger charge is -2.23. The van der Waals surface area contributed by atoms with E-state index in [9.17, 15) is 4.79 Å². The zero-order valence-corrected chi connectivity index (χ0v) is 15.4. The van der Waals surface area contributed by atoms with Gasteiger partial charge in [-0.1, -0.05) is 19.4 Å². The van der Waals surface area contributed by atoms with Crippen LogP contribution in [0.15, 0.2) is 29.2 Å². The highest BCUT2D eigenvalue weighted by Gasteiger charge is 2.29. The smallest absolute Gasteiger partial charge is 0.410 e. The number of hydrogen-bond acceptors (Lipinski definition) is 3. The zero-order valence-electron chi connectivity index (χ0n) is 12.4. The van der Waals surface area contributed by atoms with E-state index in [2.05, 4.69) is 53.8 Å². The standard InChI is InChI=1S/C16H22INO2S/c1-2-3-10-20-16(19)18-9-5-7-14(18)12-21-15-8-4-6-13(17)11-15/h4,6,8,11,14H,2-3,5,7,9-10,12H2,1H3. The van der Waals surface area contributed by atoms with Crippen molar-refractivity contribution in [2.75, 3.05) is 18.9 Å². The Balaban J connectivity index is 1.82. The van der Waals surface area contributed by atoms with Crippen LogP contribution in [0, 0.1) is 3.57 Å². The molecule has 1 atom stereocenters. The van der Waals surface area contributed by atoms with Crippen molar-refractivity contribution in [2.24, 2.45) is 0 Å². The highest BCUT2D eigenvalue weighted by Crippen LogP contribution is 2.27. The predicted octanol–water partition coefficient (Wildman–Crippen LogP) is 4.78. The van der Waals surface area contributed by atoms with Gasteiger partial charge in [0.2, 0.25) is 0 Å². The van der Waals surface area contributed by atoms with Gasteiger partial charge in [-0.05, 0) is 60.1 Å². The SMILES string of the molecule is CCCCOC(=O)N1CCCC1CSc1cccc(I)c1.